The van der Waals surface area contributed by atoms with Crippen LogP contribution in [0.4, 0.5) is 11.4 Å². The lowest BCUT2D eigenvalue weighted by Gasteiger charge is -2.09. The van der Waals surface area contributed by atoms with Gasteiger partial charge in [0.15, 0.2) is 5.15 Å². The lowest BCUT2D eigenvalue weighted by Crippen LogP contribution is -2.13. The van der Waals surface area contributed by atoms with Gasteiger partial charge in [0.1, 0.15) is 0 Å². The summed E-state index contributed by atoms with van der Waals surface area (Å²) in [6, 6.07) is 9.37. The average Bonchev–Trinajstić information content (AvgIpc) is 2.35. The van der Waals surface area contributed by atoms with Crippen molar-refractivity contribution >= 4 is 33.0 Å². The van der Waals surface area contributed by atoms with Crippen molar-refractivity contribution in [3.8, 4) is 0 Å². The van der Waals surface area contributed by atoms with Crippen molar-refractivity contribution in [3.63, 3.8) is 0 Å². The Bertz CT molecular complexity index is 659. The topological polar surface area (TPSA) is 85.1 Å². The minimum Gasteiger partial charge on any atom is -0.397 e. The number of aromatic nitrogens is 1. The fourth-order valence-corrected chi connectivity index (χ4v) is 2.62. The zero-order chi connectivity index (χ0) is 13.2. The lowest BCUT2D eigenvalue weighted by atomic mass is 10.4. The van der Waals surface area contributed by atoms with Crippen molar-refractivity contribution in [3.05, 3.63) is 47.7 Å². The molecule has 18 heavy (non-hydrogen) atoms. The number of nitrogen functional groups attached to an aromatic ring is 1. The molecule has 1 heterocycles. The number of rotatable bonds is 3. The third-order valence-corrected chi connectivity index (χ3v) is 3.84. The molecule has 2 rings (SSSR count). The van der Waals surface area contributed by atoms with Crippen molar-refractivity contribution in [1.29, 1.82) is 0 Å². The van der Waals surface area contributed by atoms with Gasteiger partial charge in [-0.15, -0.1) is 0 Å². The van der Waals surface area contributed by atoms with Gasteiger partial charge in [-0.25, -0.2) is 13.4 Å². The van der Waals surface area contributed by atoms with Gasteiger partial charge in [0.25, 0.3) is 10.0 Å². The number of nitrogens with two attached hydrogens (primary N) is 1. The molecule has 0 spiro atoms. The number of nitrogens with one attached hydrogen (secondary N) is 1. The van der Waals surface area contributed by atoms with Crippen LogP contribution in [0.3, 0.4) is 0 Å². The second-order valence-electron chi connectivity index (χ2n) is 3.53. The maximum absolute atomic E-state index is 12.0. The van der Waals surface area contributed by atoms with E-state index in [0.29, 0.717) is 5.69 Å². The van der Waals surface area contributed by atoms with Crippen molar-refractivity contribution in [1.82, 2.24) is 4.98 Å². The molecule has 0 saturated heterocycles. The Morgan fingerprint density at radius 2 is 1.89 bits per heavy atom. The van der Waals surface area contributed by atoms with Gasteiger partial charge in [-0.2, -0.15) is 0 Å². The second-order valence-corrected chi connectivity index (χ2v) is 5.57. The van der Waals surface area contributed by atoms with Gasteiger partial charge in [0.2, 0.25) is 0 Å². The van der Waals surface area contributed by atoms with Crippen molar-refractivity contribution < 1.29 is 8.42 Å². The van der Waals surface area contributed by atoms with Crippen LogP contribution in [0.5, 0.6) is 0 Å². The molecule has 3 N–H and O–H groups in total. The fraction of sp³-hybridized carbons (Fsp3) is 0. The van der Waals surface area contributed by atoms with E-state index in [4.69, 9.17) is 17.3 Å². The van der Waals surface area contributed by atoms with Gasteiger partial charge >= 0.3 is 0 Å². The molecular formula is C11H10ClN3O2S. The quantitative estimate of drug-likeness (QED) is 0.845. The lowest BCUT2D eigenvalue weighted by molar-refractivity contribution is 0.601. The van der Waals surface area contributed by atoms with Crippen LogP contribution in [-0.2, 0) is 10.0 Å². The summed E-state index contributed by atoms with van der Waals surface area (Å²) >= 11 is 5.80. The molecule has 0 atom stereocenters. The third kappa shape index (κ3) is 2.72. The fourth-order valence-electron chi connectivity index (χ4n) is 1.34. The minimum absolute atomic E-state index is 0.0451. The first-order valence-corrected chi connectivity index (χ1v) is 6.84. The maximum atomic E-state index is 12.0. The van der Waals surface area contributed by atoms with Gasteiger partial charge < -0.3 is 5.73 Å². The van der Waals surface area contributed by atoms with E-state index in [1.807, 2.05) is 0 Å². The predicted octanol–water partition coefficient (Wildman–Crippen LogP) is 2.12. The third-order valence-electron chi connectivity index (χ3n) is 2.16. The molecule has 0 unspecified atom stereocenters. The van der Waals surface area contributed by atoms with Gasteiger partial charge in [0, 0.05) is 0 Å². The Morgan fingerprint density at radius 1 is 1.22 bits per heavy atom. The Kier molecular flexibility index (Phi) is 3.40. The first kappa shape index (κ1) is 12.7. The minimum atomic E-state index is -3.68. The molecule has 94 valence electrons. The zero-order valence-corrected chi connectivity index (χ0v) is 10.7. The largest absolute Gasteiger partial charge is 0.397 e. The van der Waals surface area contributed by atoms with Gasteiger partial charge in [0.05, 0.1) is 22.5 Å². The smallest absolute Gasteiger partial charge is 0.261 e. The predicted molar refractivity (Wildman–Crippen MR) is 70.9 cm³/mol. The summed E-state index contributed by atoms with van der Waals surface area (Å²) < 4.78 is 26.4. The SMILES string of the molecule is Nc1cnc(Cl)c(NS(=O)(=O)c2ccccc2)c1. The summed E-state index contributed by atoms with van der Waals surface area (Å²) in [5.41, 5.74) is 6.01. The van der Waals surface area contributed by atoms with Crippen molar-refractivity contribution in [2.24, 2.45) is 0 Å². The van der Waals surface area contributed by atoms with Crippen LogP contribution in [0, 0.1) is 0 Å². The van der Waals surface area contributed by atoms with E-state index in [9.17, 15) is 8.42 Å². The molecule has 0 aliphatic heterocycles. The average molecular weight is 284 g/mol. The first-order valence-electron chi connectivity index (χ1n) is 4.98. The monoisotopic (exact) mass is 283 g/mol. The number of hydrogen-bond donors (Lipinski definition) is 2. The number of hydrogen-bond acceptors (Lipinski definition) is 4. The number of sulfonamides is 1. The molecule has 0 radical (unpaired) electrons. The van der Waals surface area contributed by atoms with E-state index in [1.165, 1.54) is 24.4 Å². The van der Waals surface area contributed by atoms with E-state index >= 15 is 0 Å². The van der Waals surface area contributed by atoms with E-state index in [0.717, 1.165) is 0 Å². The normalized spacial score (nSPS) is 11.2. The molecule has 0 bridgehead atoms. The Balaban J connectivity index is 2.37. The molecule has 1 aromatic heterocycles. The highest BCUT2D eigenvalue weighted by atomic mass is 35.5. The van der Waals surface area contributed by atoms with Gasteiger partial charge in [-0.1, -0.05) is 29.8 Å². The second kappa shape index (κ2) is 4.83. The van der Waals surface area contributed by atoms with E-state index in [2.05, 4.69) is 9.71 Å². The Morgan fingerprint density at radius 3 is 2.56 bits per heavy atom. The van der Waals surface area contributed by atoms with Crippen molar-refractivity contribution in [2.75, 3.05) is 10.5 Å². The maximum Gasteiger partial charge on any atom is 0.261 e. The van der Waals surface area contributed by atoms with Crippen molar-refractivity contribution in [2.45, 2.75) is 4.90 Å². The highest BCUT2D eigenvalue weighted by Crippen LogP contribution is 2.24. The molecule has 2 aromatic rings. The van der Waals surface area contributed by atoms with Crippen LogP contribution >= 0.6 is 11.6 Å². The highest BCUT2D eigenvalue weighted by Gasteiger charge is 2.15. The molecule has 0 aliphatic rings. The molecule has 1 aromatic carbocycles. The van der Waals surface area contributed by atoms with Crippen LogP contribution in [0.15, 0.2) is 47.5 Å². The van der Waals surface area contributed by atoms with Crippen LogP contribution < -0.4 is 10.5 Å². The zero-order valence-electron chi connectivity index (χ0n) is 9.17. The number of benzene rings is 1. The summed E-state index contributed by atoms with van der Waals surface area (Å²) in [6.07, 6.45) is 1.35. The van der Waals surface area contributed by atoms with E-state index < -0.39 is 10.0 Å². The molecule has 0 aliphatic carbocycles. The van der Waals surface area contributed by atoms with Crippen LogP contribution in [0.2, 0.25) is 5.15 Å². The van der Waals surface area contributed by atoms with Crippen LogP contribution in [-0.4, -0.2) is 13.4 Å². The molecule has 5 nitrogen and oxygen atoms in total. The molecular weight excluding hydrogens is 274 g/mol. The molecule has 0 fully saturated rings. The molecule has 0 amide bonds. The number of pyridine rings is 1. The molecule has 7 heteroatoms. The summed E-state index contributed by atoms with van der Waals surface area (Å²) in [6.45, 7) is 0. The number of nitrogens with zero attached hydrogens (tertiary/aromatic N) is 1. The highest BCUT2D eigenvalue weighted by molar-refractivity contribution is 7.92. The Labute approximate surface area is 110 Å². The van der Waals surface area contributed by atoms with Crippen LogP contribution in [0.1, 0.15) is 0 Å². The summed E-state index contributed by atoms with van der Waals surface area (Å²) in [5, 5.41) is 0.0451. The van der Waals surface area contributed by atoms with E-state index in [-0.39, 0.29) is 15.7 Å². The first-order chi connectivity index (χ1) is 8.49. The van der Waals surface area contributed by atoms with Crippen LogP contribution in [0.25, 0.3) is 0 Å². The van der Waals surface area contributed by atoms with E-state index in [1.54, 1.807) is 18.2 Å². The summed E-state index contributed by atoms with van der Waals surface area (Å²) in [5.74, 6) is 0. The Hall–Kier alpha value is -1.79. The van der Waals surface area contributed by atoms with Gasteiger partial charge in [-0.3, -0.25) is 4.72 Å². The standard InChI is InChI=1S/C11H10ClN3O2S/c12-11-10(6-8(13)7-14-11)15-18(16,17)9-4-2-1-3-5-9/h1-7,15H,13H2. The summed E-state index contributed by atoms with van der Waals surface area (Å²) in [4.78, 5) is 3.91. The summed E-state index contributed by atoms with van der Waals surface area (Å²) in [7, 11) is -3.68. The molecule has 0 saturated carbocycles. The van der Waals surface area contributed by atoms with Gasteiger partial charge in [-0.05, 0) is 18.2 Å². The number of anilines is 2. The number of halogens is 1.